The maximum Gasteiger partial charge on any atom is 0.325 e. The molecule has 0 spiro atoms. The van der Waals surface area contributed by atoms with Crippen LogP contribution < -0.4 is 5.32 Å². The lowest BCUT2D eigenvalue weighted by Gasteiger charge is -2.37. The van der Waals surface area contributed by atoms with Crippen molar-refractivity contribution in [2.24, 2.45) is 0 Å². The van der Waals surface area contributed by atoms with Gasteiger partial charge in [0.25, 0.3) is 5.91 Å². The summed E-state index contributed by atoms with van der Waals surface area (Å²) in [5, 5.41) is 13.7. The van der Waals surface area contributed by atoms with Crippen molar-refractivity contribution < 1.29 is 19.5 Å². The van der Waals surface area contributed by atoms with Crippen molar-refractivity contribution in [3.63, 3.8) is 0 Å². The van der Waals surface area contributed by atoms with Gasteiger partial charge in [-0.15, -0.1) is 0 Å². The fraction of sp³-hybridized carbons (Fsp3) is 0.320. The van der Waals surface area contributed by atoms with Crippen LogP contribution in [-0.2, 0) is 9.59 Å². The molecule has 1 aliphatic heterocycles. The highest BCUT2D eigenvalue weighted by Gasteiger charge is 2.32. The Kier molecular flexibility index (Phi) is 6.95. The van der Waals surface area contributed by atoms with Crippen LogP contribution in [0.1, 0.15) is 22.0 Å². The van der Waals surface area contributed by atoms with Crippen molar-refractivity contribution in [3.05, 3.63) is 65.9 Å². The number of aromatic nitrogens is 1. The van der Waals surface area contributed by atoms with E-state index < -0.39 is 12.0 Å². The lowest BCUT2D eigenvalue weighted by molar-refractivity contribution is -0.145. The number of amides is 2. The number of anilines is 1. The summed E-state index contributed by atoms with van der Waals surface area (Å²) in [5.74, 6) is -1.09. The molecule has 0 aliphatic carbocycles. The van der Waals surface area contributed by atoms with E-state index in [-0.39, 0.29) is 11.8 Å². The molecular weight excluding hydrogens is 434 g/mol. The minimum absolute atomic E-state index is 0.0371. The van der Waals surface area contributed by atoms with Gasteiger partial charge in [0, 0.05) is 74.2 Å². The molecule has 1 atom stereocenters. The number of carboxylic acids is 1. The number of hydrogen-bond donors (Lipinski definition) is 3. The summed E-state index contributed by atoms with van der Waals surface area (Å²) in [5.41, 5.74) is 2.62. The van der Waals surface area contributed by atoms with E-state index in [9.17, 15) is 19.5 Å². The van der Waals surface area contributed by atoms with Crippen molar-refractivity contribution >= 4 is 34.4 Å². The summed E-state index contributed by atoms with van der Waals surface area (Å²) in [6.45, 7) is 2.69. The molecule has 0 unspecified atom stereocenters. The lowest BCUT2D eigenvalue weighted by atomic mass is 10.0. The van der Waals surface area contributed by atoms with Gasteiger partial charge in [-0.1, -0.05) is 24.3 Å². The fourth-order valence-corrected chi connectivity index (χ4v) is 4.24. The number of nitrogens with zero attached hydrogens (tertiary/aromatic N) is 3. The highest BCUT2D eigenvalue weighted by Crippen LogP contribution is 2.31. The number of aromatic amines is 1. The molecule has 1 saturated heterocycles. The van der Waals surface area contributed by atoms with Crippen LogP contribution in [-0.4, -0.2) is 89.4 Å². The second kappa shape index (κ2) is 10.1. The molecule has 178 valence electrons. The van der Waals surface area contributed by atoms with Gasteiger partial charge >= 0.3 is 5.97 Å². The van der Waals surface area contributed by atoms with E-state index in [2.05, 4.69) is 15.2 Å². The van der Waals surface area contributed by atoms with Crippen LogP contribution >= 0.6 is 0 Å². The van der Waals surface area contributed by atoms with Gasteiger partial charge in [0.05, 0.1) is 6.54 Å². The van der Waals surface area contributed by atoms with E-state index in [1.807, 2.05) is 23.1 Å². The molecule has 9 nitrogen and oxygen atoms in total. The Morgan fingerprint density at radius 2 is 1.76 bits per heavy atom. The average Bonchev–Trinajstić information content (AvgIpc) is 3.23. The Balaban J connectivity index is 1.48. The zero-order valence-corrected chi connectivity index (χ0v) is 19.3. The molecule has 0 radical (unpaired) electrons. The highest BCUT2D eigenvalue weighted by atomic mass is 16.4. The number of carbonyl (C=O) groups excluding carboxylic acids is 2. The lowest BCUT2D eigenvalue weighted by Crippen LogP contribution is -2.51. The maximum absolute atomic E-state index is 12.5. The number of H-pyrrole nitrogens is 1. The molecule has 3 N–H and O–H groups in total. The van der Waals surface area contributed by atoms with Gasteiger partial charge in [0.2, 0.25) is 5.91 Å². The first kappa shape index (κ1) is 23.5. The Morgan fingerprint density at radius 3 is 2.41 bits per heavy atom. The third-order valence-electron chi connectivity index (χ3n) is 6.17. The van der Waals surface area contributed by atoms with Crippen molar-refractivity contribution in [2.45, 2.75) is 6.04 Å². The zero-order valence-electron chi connectivity index (χ0n) is 19.3. The second-order valence-electron chi connectivity index (χ2n) is 8.67. The Bertz CT molecular complexity index is 1180. The third-order valence-corrected chi connectivity index (χ3v) is 6.17. The SMILES string of the molecule is CN(C)C(=O)CN1CCN([C@@H](C(=O)O)c2c[nH]c3cc(NC(=O)c4ccccc4)ccc23)CC1. The molecular formula is C25H29N5O4. The summed E-state index contributed by atoms with van der Waals surface area (Å²) >= 11 is 0. The summed E-state index contributed by atoms with van der Waals surface area (Å²) in [7, 11) is 3.46. The topological polar surface area (TPSA) is 109 Å². The van der Waals surface area contributed by atoms with E-state index >= 15 is 0 Å². The number of nitrogens with one attached hydrogen (secondary N) is 2. The smallest absolute Gasteiger partial charge is 0.325 e. The van der Waals surface area contributed by atoms with Gasteiger partial charge in [-0.25, -0.2) is 0 Å². The monoisotopic (exact) mass is 463 g/mol. The van der Waals surface area contributed by atoms with Gasteiger partial charge in [-0.2, -0.15) is 0 Å². The van der Waals surface area contributed by atoms with Gasteiger partial charge in [-0.05, 0) is 24.3 Å². The number of carboxylic acid groups (broad SMARTS) is 1. The van der Waals surface area contributed by atoms with Gasteiger partial charge in [0.15, 0.2) is 0 Å². The van der Waals surface area contributed by atoms with E-state index in [0.29, 0.717) is 49.5 Å². The first-order valence-corrected chi connectivity index (χ1v) is 11.2. The van der Waals surface area contributed by atoms with Crippen molar-refractivity contribution in [1.29, 1.82) is 0 Å². The minimum Gasteiger partial charge on any atom is -0.480 e. The number of likely N-dealkylation sites (N-methyl/N-ethyl adjacent to an activating group) is 1. The number of benzene rings is 2. The maximum atomic E-state index is 12.5. The molecule has 2 amide bonds. The molecule has 4 rings (SSSR count). The molecule has 1 aromatic heterocycles. The quantitative estimate of drug-likeness (QED) is 0.496. The predicted octanol–water partition coefficient (Wildman–Crippen LogP) is 2.25. The highest BCUT2D eigenvalue weighted by molar-refractivity contribution is 6.05. The number of fused-ring (bicyclic) bond motifs is 1. The molecule has 34 heavy (non-hydrogen) atoms. The molecule has 0 bridgehead atoms. The van der Waals surface area contributed by atoms with E-state index in [0.717, 1.165) is 10.9 Å². The van der Waals surface area contributed by atoms with Crippen LogP contribution in [0.3, 0.4) is 0 Å². The zero-order chi connectivity index (χ0) is 24.2. The van der Waals surface area contributed by atoms with Crippen LogP contribution in [0.5, 0.6) is 0 Å². The summed E-state index contributed by atoms with van der Waals surface area (Å²) in [6.07, 6.45) is 1.73. The molecule has 3 aromatic rings. The van der Waals surface area contributed by atoms with Gasteiger partial charge in [0.1, 0.15) is 6.04 Å². The van der Waals surface area contributed by atoms with E-state index in [1.165, 1.54) is 0 Å². The molecule has 2 heterocycles. The molecule has 2 aromatic carbocycles. The average molecular weight is 464 g/mol. The first-order chi connectivity index (χ1) is 16.3. The van der Waals surface area contributed by atoms with Crippen molar-refractivity contribution in [3.8, 4) is 0 Å². The van der Waals surface area contributed by atoms with Gasteiger partial charge in [-0.3, -0.25) is 24.2 Å². The summed E-state index contributed by atoms with van der Waals surface area (Å²) in [4.78, 5) is 45.4. The first-order valence-electron chi connectivity index (χ1n) is 11.2. The Labute approximate surface area is 197 Å². The minimum atomic E-state index is -0.917. The van der Waals surface area contributed by atoms with E-state index in [1.54, 1.807) is 55.5 Å². The summed E-state index contributed by atoms with van der Waals surface area (Å²) in [6, 6.07) is 13.6. The van der Waals surface area contributed by atoms with Gasteiger partial charge < -0.3 is 20.3 Å². The number of carbonyl (C=O) groups is 3. The van der Waals surface area contributed by atoms with Crippen molar-refractivity contribution in [1.82, 2.24) is 19.7 Å². The largest absolute Gasteiger partial charge is 0.480 e. The summed E-state index contributed by atoms with van der Waals surface area (Å²) < 4.78 is 0. The molecule has 0 saturated carbocycles. The van der Waals surface area contributed by atoms with Crippen LogP contribution in [0.25, 0.3) is 10.9 Å². The number of piperazine rings is 1. The van der Waals surface area contributed by atoms with Crippen LogP contribution in [0.2, 0.25) is 0 Å². The van der Waals surface area contributed by atoms with Crippen LogP contribution in [0.4, 0.5) is 5.69 Å². The normalized spacial score (nSPS) is 15.7. The Hall–Kier alpha value is -3.69. The second-order valence-corrected chi connectivity index (χ2v) is 8.67. The number of rotatable bonds is 7. The standard InChI is InChI=1S/C25H29N5O4/c1-28(2)22(31)16-29-10-12-30(13-11-29)23(25(33)34)20-15-26-21-14-18(8-9-19(20)21)27-24(32)17-6-4-3-5-7-17/h3-9,14-15,23,26H,10-13,16H2,1-2H3,(H,27,32)(H,33,34)/t23-/m1/s1. The Morgan fingerprint density at radius 1 is 1.06 bits per heavy atom. The molecule has 9 heteroatoms. The molecule has 1 aliphatic rings. The predicted molar refractivity (Wildman–Crippen MR) is 130 cm³/mol. The number of hydrogen-bond acceptors (Lipinski definition) is 5. The van der Waals surface area contributed by atoms with Crippen LogP contribution in [0.15, 0.2) is 54.7 Å². The van der Waals surface area contributed by atoms with E-state index in [4.69, 9.17) is 0 Å². The third kappa shape index (κ3) is 5.11. The fourth-order valence-electron chi connectivity index (χ4n) is 4.24. The number of aliphatic carboxylic acids is 1. The van der Waals surface area contributed by atoms with Crippen LogP contribution in [0, 0.1) is 0 Å². The van der Waals surface area contributed by atoms with Crippen molar-refractivity contribution in [2.75, 3.05) is 52.1 Å². The molecule has 1 fully saturated rings.